The van der Waals surface area contributed by atoms with Gasteiger partial charge in [-0.25, -0.2) is 4.79 Å². The molecule has 0 aromatic rings. The van der Waals surface area contributed by atoms with Gasteiger partial charge in [-0.3, -0.25) is 19.2 Å². The van der Waals surface area contributed by atoms with Crippen molar-refractivity contribution in [2.24, 2.45) is 17.4 Å². The van der Waals surface area contributed by atoms with Crippen molar-refractivity contribution >= 4 is 29.6 Å². The molecule has 28 heavy (non-hydrogen) atoms. The van der Waals surface area contributed by atoms with Gasteiger partial charge in [-0.2, -0.15) is 0 Å². The zero-order chi connectivity index (χ0) is 21.9. The highest BCUT2D eigenvalue weighted by Gasteiger charge is 2.29. The average Bonchev–Trinajstić information content (AvgIpc) is 2.60. The lowest BCUT2D eigenvalue weighted by Gasteiger charge is -2.24. The quantitative estimate of drug-likeness (QED) is 0.166. The molecule has 0 radical (unpaired) electrons. The first-order valence-electron chi connectivity index (χ1n) is 8.73. The van der Waals surface area contributed by atoms with Crippen molar-refractivity contribution in [2.75, 3.05) is 13.2 Å². The largest absolute Gasteiger partial charge is 0.480 e. The molecule has 0 saturated carbocycles. The zero-order valence-corrected chi connectivity index (χ0v) is 15.9. The van der Waals surface area contributed by atoms with Gasteiger partial charge in [0.2, 0.25) is 23.6 Å². The third-order valence-corrected chi connectivity index (χ3v) is 3.65. The normalized spacial score (nSPS) is 13.9. The van der Waals surface area contributed by atoms with E-state index in [-0.39, 0.29) is 31.7 Å². The number of carbonyl (C=O) groups is 5. The molecule has 0 aliphatic heterocycles. The van der Waals surface area contributed by atoms with Crippen molar-refractivity contribution < 1.29 is 34.2 Å². The van der Waals surface area contributed by atoms with Gasteiger partial charge in [-0.05, 0) is 18.8 Å². The highest BCUT2D eigenvalue weighted by Crippen LogP contribution is 2.07. The summed E-state index contributed by atoms with van der Waals surface area (Å²) >= 11 is 0. The van der Waals surface area contributed by atoms with Crippen LogP contribution in [0.2, 0.25) is 0 Å². The summed E-state index contributed by atoms with van der Waals surface area (Å²) in [5.74, 6) is -4.34. The number of amides is 4. The maximum Gasteiger partial charge on any atom is 0.328 e. The summed E-state index contributed by atoms with van der Waals surface area (Å²) in [4.78, 5) is 58.4. The minimum Gasteiger partial charge on any atom is -0.480 e. The summed E-state index contributed by atoms with van der Waals surface area (Å²) in [6.45, 7) is 2.46. The Labute approximate surface area is 162 Å². The second kappa shape index (κ2) is 12.6. The summed E-state index contributed by atoms with van der Waals surface area (Å²) in [5.41, 5.74) is 10.3. The molecule has 9 N–H and O–H groups in total. The number of aliphatic hydroxyl groups is 1. The van der Waals surface area contributed by atoms with Gasteiger partial charge < -0.3 is 37.6 Å². The number of rotatable bonds is 13. The van der Waals surface area contributed by atoms with Crippen LogP contribution in [0.15, 0.2) is 0 Å². The number of aliphatic hydroxyl groups excluding tert-OH is 1. The van der Waals surface area contributed by atoms with Gasteiger partial charge in [0, 0.05) is 6.42 Å². The average molecular weight is 403 g/mol. The maximum absolute atomic E-state index is 12.6. The Morgan fingerprint density at radius 1 is 0.929 bits per heavy atom. The molecule has 0 aliphatic carbocycles. The van der Waals surface area contributed by atoms with Crippen LogP contribution < -0.4 is 27.4 Å². The van der Waals surface area contributed by atoms with Crippen molar-refractivity contribution in [1.82, 2.24) is 16.0 Å². The van der Waals surface area contributed by atoms with Crippen LogP contribution in [-0.2, 0) is 24.0 Å². The monoisotopic (exact) mass is 403 g/mol. The van der Waals surface area contributed by atoms with E-state index in [1.54, 1.807) is 0 Å². The van der Waals surface area contributed by atoms with Crippen LogP contribution in [0.25, 0.3) is 0 Å². The van der Waals surface area contributed by atoms with Crippen molar-refractivity contribution in [2.45, 2.75) is 51.2 Å². The first kappa shape index (κ1) is 25.3. The van der Waals surface area contributed by atoms with E-state index in [0.29, 0.717) is 0 Å². The van der Waals surface area contributed by atoms with E-state index in [2.05, 4.69) is 16.0 Å². The second-order valence-electron chi connectivity index (χ2n) is 6.60. The first-order chi connectivity index (χ1) is 13.0. The van der Waals surface area contributed by atoms with E-state index in [1.165, 1.54) is 0 Å². The lowest BCUT2D eigenvalue weighted by atomic mass is 10.0. The number of aliphatic carboxylic acids is 1. The fraction of sp³-hybridized carbons (Fsp3) is 0.688. The number of carbonyl (C=O) groups excluding carboxylic acids is 4. The van der Waals surface area contributed by atoms with Gasteiger partial charge >= 0.3 is 5.97 Å². The zero-order valence-electron chi connectivity index (χ0n) is 15.9. The van der Waals surface area contributed by atoms with Crippen LogP contribution >= 0.6 is 0 Å². The summed E-state index contributed by atoms with van der Waals surface area (Å²) < 4.78 is 0. The number of carboxylic acids is 1. The third-order valence-electron chi connectivity index (χ3n) is 3.65. The smallest absolute Gasteiger partial charge is 0.328 e. The standard InChI is InChI=1S/C16H29N5O7/c1-8(2)5-10(19-13(24)6-17)15(26)20-9(3-4-12(18)23)14(25)21-11(7-22)16(27)28/h8-11,22H,3-7,17H2,1-2H3,(H2,18,23)(H,19,24)(H,20,26)(H,21,25)(H,27,28). The Kier molecular flexibility index (Phi) is 11.4. The number of nitrogens with one attached hydrogen (secondary N) is 3. The molecule has 0 saturated heterocycles. The van der Waals surface area contributed by atoms with E-state index in [1.807, 2.05) is 13.8 Å². The van der Waals surface area contributed by atoms with Crippen molar-refractivity contribution in [1.29, 1.82) is 0 Å². The molecule has 12 heteroatoms. The lowest BCUT2D eigenvalue weighted by Crippen LogP contribution is -2.57. The van der Waals surface area contributed by atoms with Crippen LogP contribution in [-0.4, -0.2) is 71.1 Å². The lowest BCUT2D eigenvalue weighted by molar-refractivity contribution is -0.143. The third kappa shape index (κ3) is 9.83. The molecule has 0 rings (SSSR count). The van der Waals surface area contributed by atoms with Gasteiger partial charge in [-0.1, -0.05) is 13.8 Å². The molecule has 3 atom stereocenters. The minimum absolute atomic E-state index is 0.0255. The van der Waals surface area contributed by atoms with Crippen LogP contribution in [0, 0.1) is 5.92 Å². The van der Waals surface area contributed by atoms with E-state index in [0.717, 1.165) is 0 Å². The van der Waals surface area contributed by atoms with Crippen LogP contribution in [0.3, 0.4) is 0 Å². The van der Waals surface area contributed by atoms with Crippen LogP contribution in [0.4, 0.5) is 0 Å². The summed E-state index contributed by atoms with van der Waals surface area (Å²) in [5, 5.41) is 24.8. The van der Waals surface area contributed by atoms with Crippen molar-refractivity contribution in [3.8, 4) is 0 Å². The van der Waals surface area contributed by atoms with Gasteiger partial charge in [0.25, 0.3) is 0 Å². The van der Waals surface area contributed by atoms with Crippen LogP contribution in [0.1, 0.15) is 33.1 Å². The van der Waals surface area contributed by atoms with Gasteiger partial charge in [0.15, 0.2) is 0 Å². The van der Waals surface area contributed by atoms with Gasteiger partial charge in [-0.15, -0.1) is 0 Å². The molecule has 0 fully saturated rings. The van der Waals surface area contributed by atoms with Crippen molar-refractivity contribution in [3.63, 3.8) is 0 Å². The number of hydrogen-bond donors (Lipinski definition) is 7. The number of nitrogens with two attached hydrogens (primary N) is 2. The Morgan fingerprint density at radius 3 is 1.89 bits per heavy atom. The fourth-order valence-electron chi connectivity index (χ4n) is 2.24. The molecule has 160 valence electrons. The molecule has 0 heterocycles. The Balaban J connectivity index is 5.32. The molecule has 0 bridgehead atoms. The summed E-state index contributed by atoms with van der Waals surface area (Å²) in [6.07, 6.45) is -0.181. The molecule has 0 aromatic carbocycles. The van der Waals surface area contributed by atoms with Gasteiger partial charge in [0.1, 0.15) is 18.1 Å². The number of hydrogen-bond acceptors (Lipinski definition) is 7. The molecular formula is C16H29N5O7. The topological polar surface area (TPSA) is 214 Å². The van der Waals surface area contributed by atoms with E-state index in [9.17, 15) is 24.0 Å². The second-order valence-corrected chi connectivity index (χ2v) is 6.60. The molecule has 0 aromatic heterocycles. The number of primary amides is 1. The summed E-state index contributed by atoms with van der Waals surface area (Å²) in [7, 11) is 0. The fourth-order valence-corrected chi connectivity index (χ4v) is 2.24. The molecular weight excluding hydrogens is 374 g/mol. The minimum atomic E-state index is -1.58. The van der Waals surface area contributed by atoms with E-state index in [4.69, 9.17) is 21.7 Å². The van der Waals surface area contributed by atoms with Crippen molar-refractivity contribution in [3.05, 3.63) is 0 Å². The molecule has 3 unspecified atom stereocenters. The van der Waals surface area contributed by atoms with E-state index < -0.39 is 54.3 Å². The Morgan fingerprint density at radius 2 is 1.46 bits per heavy atom. The molecule has 12 nitrogen and oxygen atoms in total. The van der Waals surface area contributed by atoms with Gasteiger partial charge in [0.05, 0.1) is 13.2 Å². The Hall–Kier alpha value is -2.73. The maximum atomic E-state index is 12.6. The Bertz CT molecular complexity index is 582. The predicted molar refractivity (Wildman–Crippen MR) is 97.5 cm³/mol. The number of carboxylic acid groups (broad SMARTS) is 1. The van der Waals surface area contributed by atoms with Crippen LogP contribution in [0.5, 0.6) is 0 Å². The first-order valence-corrected chi connectivity index (χ1v) is 8.73. The molecule has 4 amide bonds. The summed E-state index contributed by atoms with van der Waals surface area (Å²) in [6, 6.07) is -3.85. The predicted octanol–water partition coefficient (Wildman–Crippen LogP) is -3.21. The molecule has 0 spiro atoms. The highest BCUT2D eigenvalue weighted by atomic mass is 16.4. The SMILES string of the molecule is CC(C)CC(NC(=O)CN)C(=O)NC(CCC(N)=O)C(=O)NC(CO)C(=O)O. The highest BCUT2D eigenvalue weighted by molar-refractivity contribution is 5.93. The molecule has 0 aliphatic rings. The van der Waals surface area contributed by atoms with E-state index >= 15 is 0 Å².